The van der Waals surface area contributed by atoms with Crippen molar-refractivity contribution >= 4 is 37.3 Å². The van der Waals surface area contributed by atoms with Crippen LogP contribution in [0.3, 0.4) is 0 Å². The number of nitro benzene ring substituents is 1. The van der Waals surface area contributed by atoms with Crippen LogP contribution in [0, 0.1) is 17.0 Å². The van der Waals surface area contributed by atoms with Gasteiger partial charge in [0.1, 0.15) is 18.9 Å². The van der Waals surface area contributed by atoms with Crippen molar-refractivity contribution in [3.05, 3.63) is 58.1 Å². The SMILES string of the molecule is Cc1c(N(CC(=O)NCCOc2ccc(S(=O)(=O)N3CCOCC3)cc2)S(C)(=O)=O)cccc1[N+](=O)[O-]. The number of amides is 1. The zero-order chi connectivity index (χ0) is 27.2. The summed E-state index contributed by atoms with van der Waals surface area (Å²) in [6.45, 7) is 2.19. The summed E-state index contributed by atoms with van der Waals surface area (Å²) in [6.07, 6.45) is 0.907. The molecule has 1 saturated heterocycles. The van der Waals surface area contributed by atoms with E-state index in [0.717, 1.165) is 10.6 Å². The van der Waals surface area contributed by atoms with E-state index in [-0.39, 0.29) is 48.1 Å². The number of rotatable bonds is 11. The van der Waals surface area contributed by atoms with E-state index in [1.54, 1.807) is 0 Å². The molecule has 1 amide bonds. The molecule has 0 atom stereocenters. The van der Waals surface area contributed by atoms with Gasteiger partial charge >= 0.3 is 0 Å². The molecular formula is C22H28N4O9S2. The molecular weight excluding hydrogens is 528 g/mol. The molecule has 0 spiro atoms. The Morgan fingerprint density at radius 1 is 1.14 bits per heavy atom. The molecule has 15 heteroatoms. The standard InChI is InChI=1S/C22H28N4O9S2/c1-17-20(4-3-5-21(17)26(28)29)25(36(2,30)31)16-22(27)23-10-13-35-18-6-8-19(9-7-18)37(32,33)24-11-14-34-15-12-24/h3-9H,10-16H2,1-2H3,(H,23,27). The van der Waals surface area contributed by atoms with Gasteiger partial charge in [0.25, 0.3) is 5.69 Å². The van der Waals surface area contributed by atoms with Gasteiger partial charge in [0.2, 0.25) is 26.0 Å². The predicted octanol–water partition coefficient (Wildman–Crippen LogP) is 0.885. The number of hydrogen-bond acceptors (Lipinski definition) is 9. The molecule has 1 aliphatic rings. The molecule has 0 saturated carbocycles. The second kappa shape index (κ2) is 11.9. The summed E-state index contributed by atoms with van der Waals surface area (Å²) >= 11 is 0. The molecule has 2 aromatic rings. The van der Waals surface area contributed by atoms with Crippen LogP contribution in [0.1, 0.15) is 5.56 Å². The van der Waals surface area contributed by atoms with Crippen molar-refractivity contribution in [2.45, 2.75) is 11.8 Å². The van der Waals surface area contributed by atoms with Crippen molar-refractivity contribution in [3.8, 4) is 5.75 Å². The van der Waals surface area contributed by atoms with E-state index in [1.165, 1.54) is 53.7 Å². The second-order valence-corrected chi connectivity index (χ2v) is 12.0. The number of hydrogen-bond donors (Lipinski definition) is 1. The molecule has 0 aromatic heterocycles. The van der Waals surface area contributed by atoms with E-state index >= 15 is 0 Å². The summed E-state index contributed by atoms with van der Waals surface area (Å²) < 4.78 is 62.9. The topological polar surface area (TPSA) is 165 Å². The lowest BCUT2D eigenvalue weighted by molar-refractivity contribution is -0.385. The van der Waals surface area contributed by atoms with Crippen molar-refractivity contribution in [2.75, 3.05) is 56.6 Å². The fraction of sp³-hybridized carbons (Fsp3) is 0.409. The lowest BCUT2D eigenvalue weighted by atomic mass is 10.1. The first kappa shape index (κ1) is 28.3. The van der Waals surface area contributed by atoms with Gasteiger partial charge in [-0.15, -0.1) is 0 Å². The smallest absolute Gasteiger partial charge is 0.274 e. The lowest BCUT2D eigenvalue weighted by Gasteiger charge is -2.26. The van der Waals surface area contributed by atoms with E-state index < -0.39 is 37.4 Å². The molecule has 0 aliphatic carbocycles. The fourth-order valence-electron chi connectivity index (χ4n) is 3.65. The Bertz CT molecular complexity index is 1340. The first-order valence-electron chi connectivity index (χ1n) is 11.2. The summed E-state index contributed by atoms with van der Waals surface area (Å²) in [4.78, 5) is 23.1. The number of nitrogens with one attached hydrogen (secondary N) is 1. The first-order valence-corrected chi connectivity index (χ1v) is 14.5. The Balaban J connectivity index is 1.55. The minimum Gasteiger partial charge on any atom is -0.492 e. The highest BCUT2D eigenvalue weighted by molar-refractivity contribution is 7.92. The van der Waals surface area contributed by atoms with Crippen molar-refractivity contribution in [2.24, 2.45) is 0 Å². The minimum absolute atomic E-state index is 0.0372. The van der Waals surface area contributed by atoms with E-state index in [1.807, 2.05) is 0 Å². The van der Waals surface area contributed by atoms with Gasteiger partial charge in [0.05, 0.1) is 47.1 Å². The molecule has 0 radical (unpaired) electrons. The second-order valence-electron chi connectivity index (χ2n) is 8.13. The quantitative estimate of drug-likeness (QED) is 0.240. The maximum Gasteiger partial charge on any atom is 0.274 e. The third-order valence-corrected chi connectivity index (χ3v) is 8.59. The van der Waals surface area contributed by atoms with E-state index in [4.69, 9.17) is 9.47 Å². The van der Waals surface area contributed by atoms with Gasteiger partial charge in [0, 0.05) is 19.2 Å². The average molecular weight is 557 g/mol. The Morgan fingerprint density at radius 2 is 1.78 bits per heavy atom. The average Bonchev–Trinajstić information content (AvgIpc) is 2.85. The molecule has 1 heterocycles. The van der Waals surface area contributed by atoms with E-state index in [0.29, 0.717) is 19.0 Å². The summed E-state index contributed by atoms with van der Waals surface area (Å²) in [5.41, 5.74) is -0.105. The number of morpholine rings is 1. The summed E-state index contributed by atoms with van der Waals surface area (Å²) in [5, 5.41) is 13.8. The van der Waals surface area contributed by atoms with Crippen LogP contribution in [0.15, 0.2) is 47.4 Å². The Labute approximate surface area is 215 Å². The van der Waals surface area contributed by atoms with Crippen LogP contribution < -0.4 is 14.4 Å². The highest BCUT2D eigenvalue weighted by Crippen LogP contribution is 2.29. The maximum atomic E-state index is 12.7. The monoisotopic (exact) mass is 556 g/mol. The van der Waals surface area contributed by atoms with Crippen LogP contribution >= 0.6 is 0 Å². The number of nitro groups is 1. The Morgan fingerprint density at radius 3 is 2.38 bits per heavy atom. The van der Waals surface area contributed by atoms with Crippen LogP contribution in [0.4, 0.5) is 11.4 Å². The van der Waals surface area contributed by atoms with Gasteiger partial charge in [-0.05, 0) is 37.3 Å². The van der Waals surface area contributed by atoms with Crippen molar-refractivity contribution < 1.29 is 36.0 Å². The number of sulfonamides is 2. The van der Waals surface area contributed by atoms with Crippen LogP contribution in [0.2, 0.25) is 0 Å². The summed E-state index contributed by atoms with van der Waals surface area (Å²) in [7, 11) is -7.54. The highest BCUT2D eigenvalue weighted by atomic mass is 32.2. The Kier molecular flexibility index (Phi) is 9.07. The lowest BCUT2D eigenvalue weighted by Crippen LogP contribution is -2.41. The number of benzene rings is 2. The van der Waals surface area contributed by atoms with E-state index in [9.17, 15) is 31.7 Å². The maximum absolute atomic E-state index is 12.7. The molecule has 3 rings (SSSR count). The van der Waals surface area contributed by atoms with Crippen molar-refractivity contribution in [1.82, 2.24) is 9.62 Å². The van der Waals surface area contributed by atoms with Gasteiger partial charge in [-0.25, -0.2) is 16.8 Å². The number of nitrogens with zero attached hydrogens (tertiary/aromatic N) is 3. The van der Waals surface area contributed by atoms with Crippen molar-refractivity contribution in [1.29, 1.82) is 0 Å². The van der Waals surface area contributed by atoms with Crippen molar-refractivity contribution in [3.63, 3.8) is 0 Å². The minimum atomic E-state index is -3.92. The molecule has 1 N–H and O–H groups in total. The third kappa shape index (κ3) is 7.15. The normalized spacial score (nSPS) is 14.6. The number of carbonyl (C=O) groups is 1. The van der Waals surface area contributed by atoms with Crippen LogP contribution in [-0.4, -0.2) is 84.2 Å². The fourth-order valence-corrected chi connectivity index (χ4v) is 5.97. The predicted molar refractivity (Wildman–Crippen MR) is 135 cm³/mol. The molecule has 202 valence electrons. The molecule has 1 aliphatic heterocycles. The van der Waals surface area contributed by atoms with Gasteiger partial charge < -0.3 is 14.8 Å². The van der Waals surface area contributed by atoms with Gasteiger partial charge in [0.15, 0.2) is 0 Å². The van der Waals surface area contributed by atoms with E-state index in [2.05, 4.69) is 5.32 Å². The highest BCUT2D eigenvalue weighted by Gasteiger charge is 2.27. The molecule has 2 aromatic carbocycles. The molecule has 13 nitrogen and oxygen atoms in total. The van der Waals surface area contributed by atoms with Crippen LogP contribution in [0.5, 0.6) is 5.75 Å². The Hall–Kier alpha value is -3.27. The number of carbonyl (C=O) groups excluding carboxylic acids is 1. The number of ether oxygens (including phenoxy) is 2. The van der Waals surface area contributed by atoms with Gasteiger partial charge in [-0.3, -0.25) is 19.2 Å². The molecule has 0 bridgehead atoms. The van der Waals surface area contributed by atoms with Gasteiger partial charge in [-0.1, -0.05) is 6.07 Å². The largest absolute Gasteiger partial charge is 0.492 e. The van der Waals surface area contributed by atoms with Gasteiger partial charge in [-0.2, -0.15) is 4.31 Å². The molecule has 37 heavy (non-hydrogen) atoms. The third-order valence-electron chi connectivity index (χ3n) is 5.55. The zero-order valence-electron chi connectivity index (χ0n) is 20.3. The van der Waals surface area contributed by atoms with Crippen LogP contribution in [-0.2, 0) is 29.6 Å². The van der Waals surface area contributed by atoms with Crippen LogP contribution in [0.25, 0.3) is 0 Å². The first-order chi connectivity index (χ1) is 17.4. The number of anilines is 1. The summed E-state index contributed by atoms with van der Waals surface area (Å²) in [5.74, 6) is -0.243. The zero-order valence-corrected chi connectivity index (χ0v) is 22.0. The summed E-state index contributed by atoms with van der Waals surface area (Å²) in [6, 6.07) is 9.87. The molecule has 1 fully saturated rings. The molecule has 0 unspecified atom stereocenters.